The third kappa shape index (κ3) is 6.42. The molecule has 3 aromatic rings. The topological polar surface area (TPSA) is 109 Å². The molecule has 0 radical (unpaired) electrons. The van der Waals surface area contributed by atoms with Crippen molar-refractivity contribution < 1.29 is 24.5 Å². The molecular formula is C21H21BrClN3O6. The van der Waals surface area contributed by atoms with E-state index in [2.05, 4.69) is 20.9 Å². The summed E-state index contributed by atoms with van der Waals surface area (Å²) in [6.07, 6.45) is 5.20. The van der Waals surface area contributed by atoms with Crippen LogP contribution in [0.5, 0.6) is 5.75 Å². The third-order valence-electron chi connectivity index (χ3n) is 4.66. The summed E-state index contributed by atoms with van der Waals surface area (Å²) >= 11 is 9.58. The number of rotatable bonds is 6. The van der Waals surface area contributed by atoms with Crippen molar-refractivity contribution in [2.45, 2.75) is 25.4 Å². The van der Waals surface area contributed by atoms with Gasteiger partial charge in [0, 0.05) is 27.5 Å². The van der Waals surface area contributed by atoms with Crippen LogP contribution >= 0.6 is 27.5 Å². The van der Waals surface area contributed by atoms with Crippen LogP contribution in [0.2, 0.25) is 5.02 Å². The largest absolute Gasteiger partial charge is 0.491 e. The second kappa shape index (κ2) is 10.8. The minimum absolute atomic E-state index is 0.192. The molecule has 0 aliphatic carbocycles. The smallest absolute Gasteiger partial charge is 0.291 e. The number of halogens is 2. The lowest BCUT2D eigenvalue weighted by Gasteiger charge is -2.30. The number of benzene rings is 2. The summed E-state index contributed by atoms with van der Waals surface area (Å²) in [5.74, 6) is -0.120. The second-order valence-electron chi connectivity index (χ2n) is 7.00. The fourth-order valence-electron chi connectivity index (χ4n) is 3.35. The number of aryl methyl sites for hydroxylation is 1. The number of hydrogen-bond acceptors (Lipinski definition) is 6. The van der Waals surface area contributed by atoms with Gasteiger partial charge >= 0.3 is 0 Å². The predicted octanol–water partition coefficient (Wildman–Crippen LogP) is 4.61. The summed E-state index contributed by atoms with van der Waals surface area (Å²) in [7, 11) is 0. The first-order valence-electron chi connectivity index (χ1n) is 9.53. The fraction of sp³-hybridized carbons (Fsp3) is 0.286. The number of ether oxygens (including phenoxy) is 3. The molecule has 1 saturated heterocycles. The number of aromatic nitrogens is 2. The van der Waals surface area contributed by atoms with E-state index in [9.17, 15) is 0 Å². The first-order chi connectivity index (χ1) is 15.3. The van der Waals surface area contributed by atoms with E-state index in [0.717, 1.165) is 21.3 Å². The SMILES string of the molecule is Cc1cc(Cl)ccc1C1(Cn2ccnc2)OCC(COc2ccc(Br)cc2)O1.O=[N+]([O-])O. The van der Waals surface area contributed by atoms with Crippen LogP contribution in [0.25, 0.3) is 0 Å². The molecule has 1 aliphatic heterocycles. The maximum absolute atomic E-state index is 8.36. The van der Waals surface area contributed by atoms with Crippen LogP contribution in [0, 0.1) is 17.0 Å². The molecule has 0 bridgehead atoms. The number of imidazole rings is 1. The molecule has 0 amide bonds. The van der Waals surface area contributed by atoms with Gasteiger partial charge in [0.25, 0.3) is 5.09 Å². The predicted molar refractivity (Wildman–Crippen MR) is 119 cm³/mol. The van der Waals surface area contributed by atoms with Crippen molar-refractivity contribution in [3.63, 3.8) is 0 Å². The number of nitrogens with zero attached hydrogens (tertiary/aromatic N) is 3. The van der Waals surface area contributed by atoms with E-state index in [1.165, 1.54) is 0 Å². The van der Waals surface area contributed by atoms with Crippen LogP contribution in [0.15, 0.2) is 65.7 Å². The van der Waals surface area contributed by atoms with Crippen LogP contribution in [0.3, 0.4) is 0 Å². The van der Waals surface area contributed by atoms with Gasteiger partial charge in [0.2, 0.25) is 5.79 Å². The monoisotopic (exact) mass is 525 g/mol. The van der Waals surface area contributed by atoms with E-state index >= 15 is 0 Å². The zero-order valence-corrected chi connectivity index (χ0v) is 19.4. The van der Waals surface area contributed by atoms with Gasteiger partial charge < -0.3 is 24.0 Å². The van der Waals surface area contributed by atoms with E-state index in [4.69, 9.17) is 41.1 Å². The maximum Gasteiger partial charge on any atom is 0.291 e. The molecular weight excluding hydrogens is 506 g/mol. The standard InChI is InChI=1S/C21H20BrClN2O3.HNO3/c1-15-10-17(23)4-7-20(15)21(13-25-9-8-24-14-25)27-12-19(28-21)11-26-18-5-2-16(22)3-6-18;2-1(3)4/h2-10,14,19H,11-13H2,1H3;(H,2,3,4). The highest BCUT2D eigenvalue weighted by atomic mass is 79.9. The fourth-order valence-corrected chi connectivity index (χ4v) is 3.84. The zero-order valence-electron chi connectivity index (χ0n) is 17.1. The molecule has 11 heteroatoms. The number of hydrogen-bond donors (Lipinski definition) is 1. The minimum atomic E-state index is -1.50. The van der Waals surface area contributed by atoms with Crippen molar-refractivity contribution >= 4 is 27.5 Å². The summed E-state index contributed by atoms with van der Waals surface area (Å²) in [6.45, 7) is 3.34. The van der Waals surface area contributed by atoms with Crippen molar-refractivity contribution in [2.75, 3.05) is 13.2 Å². The van der Waals surface area contributed by atoms with Gasteiger partial charge in [-0.1, -0.05) is 33.6 Å². The van der Waals surface area contributed by atoms with Crippen LogP contribution in [-0.4, -0.2) is 39.2 Å². The van der Waals surface area contributed by atoms with Gasteiger partial charge in [-0.15, -0.1) is 10.1 Å². The molecule has 170 valence electrons. The average Bonchev–Trinajstić information content (AvgIpc) is 3.38. The Balaban J connectivity index is 0.000000668. The molecule has 0 spiro atoms. The Hall–Kier alpha value is -2.66. The zero-order chi connectivity index (χ0) is 23.1. The van der Waals surface area contributed by atoms with Crippen molar-refractivity contribution in [2.24, 2.45) is 0 Å². The Morgan fingerprint density at radius 3 is 2.72 bits per heavy atom. The van der Waals surface area contributed by atoms with E-state index in [-0.39, 0.29) is 6.10 Å². The first kappa shape index (κ1) is 24.0. The highest BCUT2D eigenvalue weighted by Gasteiger charge is 2.44. The van der Waals surface area contributed by atoms with E-state index in [1.54, 1.807) is 12.5 Å². The quantitative estimate of drug-likeness (QED) is 0.369. The van der Waals surface area contributed by atoms with Gasteiger partial charge in [-0.2, -0.15) is 0 Å². The summed E-state index contributed by atoms with van der Waals surface area (Å²) in [4.78, 5) is 12.5. The second-order valence-corrected chi connectivity index (χ2v) is 8.35. The Kier molecular flexibility index (Phi) is 8.08. The van der Waals surface area contributed by atoms with E-state index in [1.807, 2.05) is 60.2 Å². The van der Waals surface area contributed by atoms with Crippen molar-refractivity contribution in [3.05, 3.63) is 91.9 Å². The van der Waals surface area contributed by atoms with Gasteiger partial charge in [-0.05, 0) is 48.9 Å². The van der Waals surface area contributed by atoms with Crippen LogP contribution in [0.4, 0.5) is 0 Å². The van der Waals surface area contributed by atoms with Gasteiger partial charge in [0.15, 0.2) is 0 Å². The van der Waals surface area contributed by atoms with Crippen LogP contribution < -0.4 is 4.74 Å². The summed E-state index contributed by atoms with van der Waals surface area (Å²) in [6, 6.07) is 13.5. The molecule has 1 N–H and O–H groups in total. The molecule has 1 aromatic heterocycles. The average molecular weight is 527 g/mol. The summed E-state index contributed by atoms with van der Waals surface area (Å²) in [5, 5.41) is 14.3. The molecule has 2 unspecified atom stereocenters. The van der Waals surface area contributed by atoms with Crippen molar-refractivity contribution in [1.82, 2.24) is 9.55 Å². The lowest BCUT2D eigenvalue weighted by Crippen LogP contribution is -2.35. The first-order valence-corrected chi connectivity index (χ1v) is 10.7. The third-order valence-corrected chi connectivity index (χ3v) is 5.42. The molecule has 2 aromatic carbocycles. The van der Waals surface area contributed by atoms with Gasteiger partial charge in [-0.25, -0.2) is 4.98 Å². The highest BCUT2D eigenvalue weighted by molar-refractivity contribution is 9.10. The van der Waals surface area contributed by atoms with Crippen molar-refractivity contribution in [1.29, 1.82) is 0 Å². The summed E-state index contributed by atoms with van der Waals surface area (Å²) in [5.41, 5.74) is 1.97. The lowest BCUT2D eigenvalue weighted by atomic mass is 10.00. The highest BCUT2D eigenvalue weighted by Crippen LogP contribution is 2.38. The maximum atomic E-state index is 8.36. The Bertz CT molecular complexity index is 1030. The lowest BCUT2D eigenvalue weighted by molar-refractivity contribution is -0.742. The van der Waals surface area contributed by atoms with Crippen LogP contribution in [0.1, 0.15) is 11.1 Å². The van der Waals surface area contributed by atoms with Crippen LogP contribution in [-0.2, 0) is 21.8 Å². The molecule has 4 rings (SSSR count). The van der Waals surface area contributed by atoms with Gasteiger partial charge in [0.05, 0.1) is 19.5 Å². The van der Waals surface area contributed by atoms with Crippen molar-refractivity contribution in [3.8, 4) is 5.75 Å². The molecule has 32 heavy (non-hydrogen) atoms. The Labute approximate surface area is 197 Å². The summed E-state index contributed by atoms with van der Waals surface area (Å²) < 4.78 is 21.5. The molecule has 0 saturated carbocycles. The van der Waals surface area contributed by atoms with Gasteiger partial charge in [-0.3, -0.25) is 0 Å². The minimum Gasteiger partial charge on any atom is -0.491 e. The normalized spacial score (nSPS) is 19.8. The molecule has 9 nitrogen and oxygen atoms in total. The molecule has 2 heterocycles. The van der Waals surface area contributed by atoms with E-state index < -0.39 is 10.9 Å². The molecule has 1 fully saturated rings. The van der Waals surface area contributed by atoms with Gasteiger partial charge in [0.1, 0.15) is 18.5 Å². The molecule has 2 atom stereocenters. The molecule has 1 aliphatic rings. The van der Waals surface area contributed by atoms with E-state index in [0.29, 0.717) is 24.8 Å². The Morgan fingerprint density at radius 2 is 2.09 bits per heavy atom. The Morgan fingerprint density at radius 1 is 1.38 bits per heavy atom.